The number of rotatable bonds is 5. The molecule has 30 heavy (non-hydrogen) atoms. The van der Waals surface area contributed by atoms with E-state index in [0.29, 0.717) is 22.9 Å². The number of nitrogens with zero attached hydrogens (tertiary/aromatic N) is 1. The summed E-state index contributed by atoms with van der Waals surface area (Å²) in [6.07, 6.45) is 0.348. The average Bonchev–Trinajstić information content (AvgIpc) is 2.79. The monoisotopic (exact) mass is 422 g/mol. The van der Waals surface area contributed by atoms with E-state index in [-0.39, 0.29) is 18.0 Å². The fourth-order valence-corrected chi connectivity index (χ4v) is 3.82. The molecule has 1 heterocycles. The van der Waals surface area contributed by atoms with Crippen LogP contribution >= 0.6 is 11.6 Å². The van der Waals surface area contributed by atoms with Gasteiger partial charge in [0, 0.05) is 28.8 Å². The summed E-state index contributed by atoms with van der Waals surface area (Å²) in [6, 6.07) is 20.7. The lowest BCUT2D eigenvalue weighted by molar-refractivity contribution is 0.355. The van der Waals surface area contributed by atoms with E-state index < -0.39 is 0 Å². The number of phenols is 1. The Balaban J connectivity index is 1.77. The van der Waals surface area contributed by atoms with Crippen LogP contribution in [0.4, 0.5) is 0 Å². The van der Waals surface area contributed by atoms with Crippen LogP contribution in [0.2, 0.25) is 5.02 Å². The van der Waals surface area contributed by atoms with Crippen LogP contribution in [0.25, 0.3) is 0 Å². The van der Waals surface area contributed by atoms with Crippen LogP contribution in [0.3, 0.4) is 0 Å². The van der Waals surface area contributed by atoms with Gasteiger partial charge in [0.25, 0.3) is 0 Å². The van der Waals surface area contributed by atoms with Gasteiger partial charge in [0.15, 0.2) is 11.5 Å². The predicted molar refractivity (Wildman–Crippen MR) is 119 cm³/mol. The number of aromatic hydroxyl groups is 1. The summed E-state index contributed by atoms with van der Waals surface area (Å²) < 4.78 is 10.8. The first-order valence-corrected chi connectivity index (χ1v) is 10.1. The minimum atomic E-state index is -0.274. The molecular weight excluding hydrogens is 400 g/mol. The average molecular weight is 423 g/mol. The Kier molecular flexibility index (Phi) is 5.93. The van der Waals surface area contributed by atoms with Crippen molar-refractivity contribution in [1.82, 2.24) is 5.32 Å². The summed E-state index contributed by atoms with van der Waals surface area (Å²) in [5.41, 5.74) is 3.71. The number of para-hydroxylation sites is 1. The number of hydrogen-bond acceptors (Lipinski definition) is 5. The normalized spacial score (nSPS) is 18.6. The van der Waals surface area contributed by atoms with Gasteiger partial charge in [-0.25, -0.2) is 0 Å². The lowest BCUT2D eigenvalue weighted by atomic mass is 9.93. The van der Waals surface area contributed by atoms with E-state index in [1.165, 1.54) is 0 Å². The largest absolute Gasteiger partial charge is 0.508 e. The molecule has 3 aromatic rings. The molecular formula is C24H23ClN2O3. The molecule has 1 aliphatic rings. The number of aliphatic imine (C=N–C) groups is 1. The Labute approximate surface area is 180 Å². The van der Waals surface area contributed by atoms with Crippen LogP contribution < -0.4 is 14.8 Å². The van der Waals surface area contributed by atoms with Crippen LogP contribution in [0.5, 0.6) is 17.2 Å². The van der Waals surface area contributed by atoms with E-state index in [1.54, 1.807) is 20.3 Å². The third-order valence-electron chi connectivity index (χ3n) is 5.26. The second kappa shape index (κ2) is 8.78. The molecule has 0 saturated heterocycles. The van der Waals surface area contributed by atoms with Crippen LogP contribution in [0.1, 0.15) is 35.3 Å². The lowest BCUT2D eigenvalue weighted by Crippen LogP contribution is -2.33. The van der Waals surface area contributed by atoms with Gasteiger partial charge in [0.1, 0.15) is 11.9 Å². The SMILES string of the molecule is COc1ccc(C2=N[C@@H](c3ccc(Cl)cc3)N[C@H](c3ccccc3O)C2)cc1OC. The highest BCUT2D eigenvalue weighted by Gasteiger charge is 2.28. The Hall–Kier alpha value is -3.02. The molecule has 2 N–H and O–H groups in total. The first-order chi connectivity index (χ1) is 14.6. The summed E-state index contributed by atoms with van der Waals surface area (Å²) in [6.45, 7) is 0. The topological polar surface area (TPSA) is 63.1 Å². The first-order valence-electron chi connectivity index (χ1n) is 9.67. The standard InChI is InChI=1S/C24H23ClN2O3/c1-29-22-12-9-16(13-23(22)30-2)19-14-20(18-5-3-4-6-21(18)28)27-24(26-19)15-7-10-17(25)11-8-15/h3-13,20,24,27-28H,14H2,1-2H3/t20-,24+/m0/s1. The molecule has 0 unspecified atom stereocenters. The van der Waals surface area contributed by atoms with Gasteiger partial charge in [-0.2, -0.15) is 0 Å². The maximum absolute atomic E-state index is 10.4. The number of methoxy groups -OCH3 is 2. The van der Waals surface area contributed by atoms with Crippen LogP contribution in [-0.4, -0.2) is 25.0 Å². The quantitative estimate of drug-likeness (QED) is 0.586. The minimum Gasteiger partial charge on any atom is -0.508 e. The molecule has 4 rings (SSSR count). The Bertz CT molecular complexity index is 1070. The van der Waals surface area contributed by atoms with Crippen LogP contribution in [0.15, 0.2) is 71.7 Å². The number of ether oxygens (including phenoxy) is 2. The Morgan fingerprint density at radius 2 is 1.70 bits per heavy atom. The number of hydrogen-bond donors (Lipinski definition) is 2. The number of nitrogens with one attached hydrogen (secondary N) is 1. The molecule has 0 spiro atoms. The maximum atomic E-state index is 10.4. The maximum Gasteiger partial charge on any atom is 0.161 e. The van der Waals surface area contributed by atoms with Crippen LogP contribution in [0, 0.1) is 0 Å². The van der Waals surface area contributed by atoms with Crippen molar-refractivity contribution in [2.24, 2.45) is 4.99 Å². The van der Waals surface area contributed by atoms with Gasteiger partial charge in [0.2, 0.25) is 0 Å². The zero-order chi connectivity index (χ0) is 21.1. The van der Waals surface area contributed by atoms with E-state index in [2.05, 4.69) is 5.32 Å². The number of phenolic OH excluding ortho intramolecular Hbond substituents is 1. The van der Waals surface area contributed by atoms with E-state index in [1.807, 2.05) is 60.7 Å². The van der Waals surface area contributed by atoms with Crippen molar-refractivity contribution in [2.45, 2.75) is 18.6 Å². The molecule has 0 fully saturated rings. The highest BCUT2D eigenvalue weighted by molar-refractivity contribution is 6.30. The fraction of sp³-hybridized carbons (Fsp3) is 0.208. The van der Waals surface area contributed by atoms with Crippen molar-refractivity contribution in [3.63, 3.8) is 0 Å². The van der Waals surface area contributed by atoms with Crippen molar-refractivity contribution < 1.29 is 14.6 Å². The van der Waals surface area contributed by atoms with E-state index >= 15 is 0 Å². The van der Waals surface area contributed by atoms with Gasteiger partial charge in [-0.1, -0.05) is 41.9 Å². The molecule has 0 aromatic heterocycles. The molecule has 3 aromatic carbocycles. The minimum absolute atomic E-state index is 0.104. The van der Waals surface area contributed by atoms with Crippen molar-refractivity contribution in [3.05, 3.63) is 88.4 Å². The highest BCUT2D eigenvalue weighted by atomic mass is 35.5. The first kappa shape index (κ1) is 20.3. The highest BCUT2D eigenvalue weighted by Crippen LogP contribution is 2.36. The summed E-state index contributed by atoms with van der Waals surface area (Å²) in [7, 11) is 3.23. The van der Waals surface area contributed by atoms with Crippen LogP contribution in [-0.2, 0) is 0 Å². The second-order valence-corrected chi connectivity index (χ2v) is 7.52. The molecule has 0 radical (unpaired) electrons. The third kappa shape index (κ3) is 4.13. The van der Waals surface area contributed by atoms with Gasteiger partial charge < -0.3 is 14.6 Å². The molecule has 0 aliphatic carbocycles. The van der Waals surface area contributed by atoms with E-state index in [4.69, 9.17) is 26.1 Å². The van der Waals surface area contributed by atoms with Crippen molar-refractivity contribution >= 4 is 17.3 Å². The summed E-state index contributed by atoms with van der Waals surface area (Å²) in [5.74, 6) is 1.58. The van der Waals surface area contributed by atoms with Crippen molar-refractivity contribution in [2.75, 3.05) is 14.2 Å². The van der Waals surface area contributed by atoms with Gasteiger partial charge in [-0.15, -0.1) is 0 Å². The van der Waals surface area contributed by atoms with Gasteiger partial charge in [0.05, 0.1) is 14.2 Å². The molecule has 1 aliphatic heterocycles. The summed E-state index contributed by atoms with van der Waals surface area (Å²) in [4.78, 5) is 4.97. The fourth-order valence-electron chi connectivity index (χ4n) is 3.69. The predicted octanol–water partition coefficient (Wildman–Crippen LogP) is 5.29. The third-order valence-corrected chi connectivity index (χ3v) is 5.51. The molecule has 0 amide bonds. The Morgan fingerprint density at radius 1 is 0.967 bits per heavy atom. The second-order valence-electron chi connectivity index (χ2n) is 7.08. The molecule has 0 bridgehead atoms. The number of halogens is 1. The summed E-state index contributed by atoms with van der Waals surface area (Å²) >= 11 is 6.07. The molecule has 5 nitrogen and oxygen atoms in total. The van der Waals surface area contributed by atoms with E-state index in [9.17, 15) is 5.11 Å². The lowest BCUT2D eigenvalue weighted by Gasteiger charge is -2.31. The summed E-state index contributed by atoms with van der Waals surface area (Å²) in [5, 5.41) is 14.7. The zero-order valence-electron chi connectivity index (χ0n) is 16.8. The molecule has 6 heteroatoms. The molecule has 0 saturated carbocycles. The zero-order valence-corrected chi connectivity index (χ0v) is 17.6. The van der Waals surface area contributed by atoms with Crippen molar-refractivity contribution in [3.8, 4) is 17.2 Å². The Morgan fingerprint density at radius 3 is 2.40 bits per heavy atom. The van der Waals surface area contributed by atoms with Gasteiger partial charge in [-0.3, -0.25) is 10.3 Å². The molecule has 154 valence electrons. The molecule has 2 atom stereocenters. The van der Waals surface area contributed by atoms with E-state index in [0.717, 1.165) is 22.4 Å². The van der Waals surface area contributed by atoms with Crippen molar-refractivity contribution in [1.29, 1.82) is 0 Å². The van der Waals surface area contributed by atoms with Gasteiger partial charge >= 0.3 is 0 Å². The smallest absolute Gasteiger partial charge is 0.161 e. The van der Waals surface area contributed by atoms with Gasteiger partial charge in [-0.05, 0) is 47.5 Å². The number of benzene rings is 3.